The first kappa shape index (κ1) is 18.9. The van der Waals surface area contributed by atoms with E-state index in [-0.39, 0.29) is 11.6 Å². The van der Waals surface area contributed by atoms with Gasteiger partial charge in [0.1, 0.15) is 11.4 Å². The Hall–Kier alpha value is -3.42. The van der Waals surface area contributed by atoms with Gasteiger partial charge in [-0.15, -0.1) is 0 Å². The van der Waals surface area contributed by atoms with E-state index in [9.17, 15) is 14.8 Å². The molecular weight excluding hydrogens is 370 g/mol. The molecule has 1 fully saturated rings. The van der Waals surface area contributed by atoms with Crippen LogP contribution in [0.2, 0.25) is 0 Å². The molecule has 1 N–H and O–H groups in total. The average molecular weight is 393 g/mol. The number of piperidine rings is 1. The Morgan fingerprint density at radius 2 is 2.00 bits per heavy atom. The van der Waals surface area contributed by atoms with E-state index in [2.05, 4.69) is 10.2 Å². The monoisotopic (exact) mass is 393 g/mol. The van der Waals surface area contributed by atoms with Gasteiger partial charge in [0.2, 0.25) is 0 Å². The molecule has 1 aliphatic heterocycles. The minimum Gasteiger partial charge on any atom is -0.619 e. The summed E-state index contributed by atoms with van der Waals surface area (Å²) < 4.78 is 2.28. The molecule has 150 valence electrons. The van der Waals surface area contributed by atoms with E-state index >= 15 is 0 Å². The summed E-state index contributed by atoms with van der Waals surface area (Å²) in [5, 5.41) is 18.2. The summed E-state index contributed by atoms with van der Waals surface area (Å²) in [7, 11) is 0. The summed E-state index contributed by atoms with van der Waals surface area (Å²) >= 11 is 0. The van der Waals surface area contributed by atoms with E-state index < -0.39 is 0 Å². The number of nitrogens with one attached hydrogen (secondary N) is 1. The van der Waals surface area contributed by atoms with Crippen molar-refractivity contribution in [2.24, 2.45) is 5.92 Å². The van der Waals surface area contributed by atoms with Crippen molar-refractivity contribution in [2.45, 2.75) is 26.2 Å². The van der Waals surface area contributed by atoms with Crippen molar-refractivity contribution in [3.05, 3.63) is 81.4 Å². The lowest BCUT2D eigenvalue weighted by atomic mass is 9.93. The molecular formula is C21H23N5O3. The fourth-order valence-corrected chi connectivity index (χ4v) is 3.89. The summed E-state index contributed by atoms with van der Waals surface area (Å²) in [5.74, 6) is 0.923. The number of hydrogen-bond donors (Lipinski definition) is 1. The van der Waals surface area contributed by atoms with E-state index in [1.165, 1.54) is 12.4 Å². The van der Waals surface area contributed by atoms with E-state index in [0.29, 0.717) is 41.5 Å². The van der Waals surface area contributed by atoms with Crippen molar-refractivity contribution in [3.8, 4) is 5.69 Å². The van der Waals surface area contributed by atoms with E-state index in [1.54, 1.807) is 21.6 Å². The van der Waals surface area contributed by atoms with Gasteiger partial charge in [0, 0.05) is 25.6 Å². The van der Waals surface area contributed by atoms with Crippen LogP contribution in [0.5, 0.6) is 0 Å². The van der Waals surface area contributed by atoms with Crippen molar-refractivity contribution < 1.29 is 9.52 Å². The molecule has 0 unspecified atom stereocenters. The van der Waals surface area contributed by atoms with Gasteiger partial charge in [-0.3, -0.25) is 4.79 Å². The molecule has 3 aromatic rings. The first-order chi connectivity index (χ1) is 14.0. The Kier molecular flexibility index (Phi) is 5.16. The van der Waals surface area contributed by atoms with Crippen LogP contribution < -0.4 is 10.4 Å². The van der Waals surface area contributed by atoms with Gasteiger partial charge in [-0.25, -0.2) is 14.5 Å². The maximum atomic E-state index is 12.6. The van der Waals surface area contributed by atoms with Crippen molar-refractivity contribution >= 4 is 5.91 Å². The molecule has 1 amide bonds. The molecule has 1 aliphatic rings. The van der Waals surface area contributed by atoms with Gasteiger partial charge in [0.05, 0.1) is 5.69 Å². The Morgan fingerprint density at radius 1 is 1.24 bits per heavy atom. The lowest BCUT2D eigenvalue weighted by molar-refractivity contribution is -0.605. The Morgan fingerprint density at radius 3 is 2.72 bits per heavy atom. The summed E-state index contributed by atoms with van der Waals surface area (Å²) in [5.41, 5.74) is 2.01. The van der Waals surface area contributed by atoms with Crippen LogP contribution in [0, 0.1) is 18.0 Å². The largest absolute Gasteiger partial charge is 0.619 e. The highest BCUT2D eigenvalue weighted by molar-refractivity contribution is 5.93. The predicted octanol–water partition coefficient (Wildman–Crippen LogP) is 1.60. The van der Waals surface area contributed by atoms with Crippen molar-refractivity contribution in [1.82, 2.24) is 19.7 Å². The van der Waals surface area contributed by atoms with Gasteiger partial charge >= 0.3 is 5.69 Å². The molecule has 0 spiro atoms. The second kappa shape index (κ2) is 7.90. The number of nitrogens with zero attached hydrogens (tertiary/aromatic N) is 4. The molecule has 0 saturated carbocycles. The molecule has 1 aromatic carbocycles. The van der Waals surface area contributed by atoms with Crippen molar-refractivity contribution in [3.63, 3.8) is 0 Å². The fourth-order valence-electron chi connectivity index (χ4n) is 3.89. The number of amides is 1. The normalized spacial score (nSPS) is 14.9. The standard InChI is InChI=1S/C21H23N5O3/c1-15-5-2-3-7-18(15)26-19(22-23-21(26)28)13-16-8-11-24(12-9-16)20(27)17-6-4-10-25(29)14-17/h2-7,10,14,16H,8-9,11-13H2,1H3,(H,23,28). The molecule has 0 bridgehead atoms. The number of aryl methyl sites for hydroxylation is 1. The number of para-hydroxylation sites is 1. The van der Waals surface area contributed by atoms with E-state index in [0.717, 1.165) is 24.1 Å². The number of pyridine rings is 1. The Balaban J connectivity index is 1.44. The van der Waals surface area contributed by atoms with Crippen molar-refractivity contribution in [2.75, 3.05) is 13.1 Å². The zero-order valence-corrected chi connectivity index (χ0v) is 16.2. The smallest absolute Gasteiger partial charge is 0.347 e. The van der Waals surface area contributed by atoms with E-state index in [4.69, 9.17) is 0 Å². The molecule has 29 heavy (non-hydrogen) atoms. The highest BCUT2D eigenvalue weighted by Gasteiger charge is 2.26. The average Bonchev–Trinajstić information content (AvgIpc) is 3.08. The third kappa shape index (κ3) is 3.91. The molecule has 0 aliphatic carbocycles. The number of hydrogen-bond acceptors (Lipinski definition) is 4. The number of rotatable bonds is 4. The summed E-state index contributed by atoms with van der Waals surface area (Å²) in [6.07, 6.45) is 4.98. The first-order valence-electron chi connectivity index (χ1n) is 9.73. The Bertz CT molecular complexity index is 1080. The summed E-state index contributed by atoms with van der Waals surface area (Å²) in [4.78, 5) is 26.7. The third-order valence-electron chi connectivity index (χ3n) is 5.49. The Labute approximate surface area is 168 Å². The fraction of sp³-hybridized carbons (Fsp3) is 0.333. The summed E-state index contributed by atoms with van der Waals surface area (Å²) in [6.45, 7) is 3.21. The highest BCUT2D eigenvalue weighted by Crippen LogP contribution is 2.23. The zero-order valence-electron chi connectivity index (χ0n) is 16.2. The molecule has 0 radical (unpaired) electrons. The third-order valence-corrected chi connectivity index (χ3v) is 5.49. The number of aromatic nitrogens is 4. The van der Waals surface area contributed by atoms with Crippen LogP contribution in [0.1, 0.15) is 34.6 Å². The van der Waals surface area contributed by atoms with Crippen molar-refractivity contribution in [1.29, 1.82) is 0 Å². The van der Waals surface area contributed by atoms with Gasteiger partial charge in [0.25, 0.3) is 5.91 Å². The zero-order chi connectivity index (χ0) is 20.4. The SMILES string of the molecule is Cc1ccccc1-n1c(CC2CCN(C(=O)c3ccc[n+]([O-])c3)CC2)n[nH]c1=O. The van der Waals surface area contributed by atoms with Crippen LogP contribution >= 0.6 is 0 Å². The van der Waals surface area contributed by atoms with Crippen LogP contribution in [-0.4, -0.2) is 38.7 Å². The van der Waals surface area contributed by atoms with Gasteiger partial charge in [-0.2, -0.15) is 9.83 Å². The predicted molar refractivity (Wildman–Crippen MR) is 107 cm³/mol. The van der Waals surface area contributed by atoms with Crippen LogP contribution in [0.3, 0.4) is 0 Å². The lowest BCUT2D eigenvalue weighted by Crippen LogP contribution is -2.40. The topological polar surface area (TPSA) is 97.9 Å². The molecule has 1 saturated heterocycles. The molecule has 8 heteroatoms. The van der Waals surface area contributed by atoms with E-state index in [1.807, 2.05) is 31.2 Å². The van der Waals surface area contributed by atoms with Gasteiger partial charge in [-0.05, 0) is 43.4 Å². The van der Waals surface area contributed by atoms with Crippen LogP contribution in [0.25, 0.3) is 5.69 Å². The van der Waals surface area contributed by atoms with Crippen LogP contribution in [0.4, 0.5) is 0 Å². The molecule has 4 rings (SSSR count). The molecule has 2 aromatic heterocycles. The molecule has 8 nitrogen and oxygen atoms in total. The van der Waals surface area contributed by atoms with Crippen LogP contribution in [-0.2, 0) is 6.42 Å². The lowest BCUT2D eigenvalue weighted by Gasteiger charge is -2.31. The molecule has 3 heterocycles. The maximum Gasteiger partial charge on any atom is 0.347 e. The first-order valence-corrected chi connectivity index (χ1v) is 9.73. The minimum absolute atomic E-state index is 0.120. The van der Waals surface area contributed by atoms with Crippen LogP contribution in [0.15, 0.2) is 53.6 Å². The quantitative estimate of drug-likeness (QED) is 0.538. The number of carbonyl (C=O) groups excluding carboxylic acids is 1. The van der Waals surface area contributed by atoms with Gasteiger partial charge in [0.15, 0.2) is 12.4 Å². The molecule has 0 atom stereocenters. The van der Waals surface area contributed by atoms with Gasteiger partial charge < -0.3 is 10.1 Å². The second-order valence-electron chi connectivity index (χ2n) is 7.46. The number of likely N-dealkylation sites (tertiary alicyclic amines) is 1. The minimum atomic E-state index is -0.239. The number of benzene rings is 1. The second-order valence-corrected chi connectivity index (χ2v) is 7.46. The summed E-state index contributed by atoms with van der Waals surface area (Å²) in [6, 6.07) is 11.0. The number of H-pyrrole nitrogens is 1. The van der Waals surface area contributed by atoms with Gasteiger partial charge in [-0.1, -0.05) is 18.2 Å². The maximum absolute atomic E-state index is 12.6. The highest BCUT2D eigenvalue weighted by atomic mass is 16.5. The number of aromatic amines is 1. The number of carbonyl (C=O) groups is 1.